The summed E-state index contributed by atoms with van der Waals surface area (Å²) in [4.78, 5) is 12.6. The highest BCUT2D eigenvalue weighted by molar-refractivity contribution is 7.92. The number of sulfone groups is 1. The average Bonchev–Trinajstić information content (AvgIpc) is 2.91. The van der Waals surface area contributed by atoms with Crippen molar-refractivity contribution in [2.45, 2.75) is 112 Å². The van der Waals surface area contributed by atoms with Crippen LogP contribution in [0, 0.1) is 0 Å². The lowest BCUT2D eigenvalue weighted by Gasteiger charge is -2.27. The number of carboxylic acid groups (broad SMARTS) is 1. The number of hydrogen-bond donors (Lipinski definition) is 2. The number of aliphatic carboxylic acids is 1. The van der Waals surface area contributed by atoms with Gasteiger partial charge in [-0.1, -0.05) is 43.5 Å². The molecule has 0 heterocycles. The minimum absolute atomic E-state index is 0.0900. The first-order chi connectivity index (χ1) is 18.2. The predicted octanol–water partition coefficient (Wildman–Crippen LogP) is 3.49. The van der Waals surface area contributed by atoms with E-state index in [2.05, 4.69) is 5.32 Å². The maximum atomic E-state index is 12.9. The van der Waals surface area contributed by atoms with E-state index in [0.29, 0.717) is 18.2 Å². The lowest BCUT2D eigenvalue weighted by atomic mass is 9.91. The summed E-state index contributed by atoms with van der Waals surface area (Å²) < 4.78 is 25.8. The van der Waals surface area contributed by atoms with Gasteiger partial charge in [0.25, 0.3) is 0 Å². The lowest BCUT2D eigenvalue weighted by Crippen LogP contribution is -2.95. The first-order valence-corrected chi connectivity index (χ1v) is 16.0. The third-order valence-electron chi connectivity index (χ3n) is 8.01. The number of nitrogens with zero attached hydrogens (tertiary/aromatic N) is 1. The Morgan fingerprint density at radius 2 is 1.47 bits per heavy atom. The van der Waals surface area contributed by atoms with E-state index in [0.717, 1.165) is 23.2 Å². The van der Waals surface area contributed by atoms with Crippen LogP contribution < -0.4 is 21.1 Å². The van der Waals surface area contributed by atoms with E-state index in [1.165, 1.54) is 64.2 Å². The number of hydrogen-bond acceptors (Lipinski definition) is 6. The van der Waals surface area contributed by atoms with E-state index in [9.17, 15) is 18.3 Å². The number of carbonyl (C=O) groups is 1. The van der Waals surface area contributed by atoms with Gasteiger partial charge in [-0.15, -0.1) is 0 Å². The fourth-order valence-corrected chi connectivity index (χ4v) is 7.43. The smallest absolute Gasteiger partial charge is 0.194 e. The minimum atomic E-state index is -3.71. The van der Waals surface area contributed by atoms with Gasteiger partial charge in [0, 0.05) is 36.5 Å². The van der Waals surface area contributed by atoms with Crippen molar-refractivity contribution >= 4 is 32.3 Å². The number of unbranched alkanes of at least 4 members (excludes halogenated alkanes) is 1. The van der Waals surface area contributed by atoms with Gasteiger partial charge >= 0.3 is 0 Å². The summed E-state index contributed by atoms with van der Waals surface area (Å²) in [7, 11) is 0.0910. The molecule has 0 aliphatic heterocycles. The van der Waals surface area contributed by atoms with Gasteiger partial charge in [0.15, 0.2) is 9.84 Å². The van der Waals surface area contributed by atoms with Crippen LogP contribution in [0.4, 0.5) is 5.69 Å². The molecular formula is C30H47N3O4S. The third kappa shape index (κ3) is 8.68. The molecule has 7 nitrogen and oxygen atoms in total. The zero-order chi connectivity index (χ0) is 27.5. The third-order valence-corrected chi connectivity index (χ3v) is 10.0. The number of quaternary nitrogens is 1. The molecule has 4 N–H and O–H groups in total. The second kappa shape index (κ2) is 14.8. The Kier molecular flexibility index (Phi) is 11.9. The van der Waals surface area contributed by atoms with Crippen molar-refractivity contribution in [1.29, 1.82) is 0 Å². The van der Waals surface area contributed by atoms with Gasteiger partial charge in [0.2, 0.25) is 0 Å². The molecule has 2 aromatic rings. The van der Waals surface area contributed by atoms with Gasteiger partial charge in [-0.25, -0.2) is 8.42 Å². The van der Waals surface area contributed by atoms with Gasteiger partial charge < -0.3 is 25.9 Å². The fourth-order valence-electron chi connectivity index (χ4n) is 5.87. The van der Waals surface area contributed by atoms with E-state index in [4.69, 9.17) is 5.73 Å². The highest BCUT2D eigenvalue weighted by atomic mass is 32.2. The number of carbonyl (C=O) groups excluding carboxylic acids is 1. The minimum Gasteiger partial charge on any atom is -0.550 e. The monoisotopic (exact) mass is 545 g/mol. The standard InChI is InChI=1S/C18H24N2O4S.C12H23N/c1-20(2)15-9-5-8-14-13(15)7-6-10-16(14)25(23,24)17(19)11-3-4-12-18(21)22;1-3-7-11(8-4-1)13-12-9-5-2-6-10-12/h5-10,17H,3-4,11-12,19H2,1-2H3,(H,21,22);11-13H,1-10H2. The molecule has 2 fully saturated rings. The molecule has 2 saturated carbocycles. The quantitative estimate of drug-likeness (QED) is 0.441. The molecule has 4 rings (SSSR count). The summed E-state index contributed by atoms with van der Waals surface area (Å²) in [6.07, 6.45) is 15.8. The molecule has 0 amide bonds. The van der Waals surface area contributed by atoms with E-state index >= 15 is 0 Å². The molecule has 1 atom stereocenters. The van der Waals surface area contributed by atoms with E-state index in [-0.39, 0.29) is 17.7 Å². The molecular weight excluding hydrogens is 498 g/mol. The van der Waals surface area contributed by atoms with E-state index < -0.39 is 21.2 Å². The summed E-state index contributed by atoms with van der Waals surface area (Å²) >= 11 is 0. The van der Waals surface area contributed by atoms with Crippen LogP contribution in [0.1, 0.15) is 89.9 Å². The van der Waals surface area contributed by atoms with Crippen LogP contribution >= 0.6 is 0 Å². The maximum absolute atomic E-state index is 12.9. The number of anilines is 1. The van der Waals surface area contributed by atoms with Crippen molar-refractivity contribution in [2.75, 3.05) is 19.0 Å². The molecule has 2 aromatic carbocycles. The first-order valence-electron chi connectivity index (χ1n) is 14.4. The molecule has 0 aromatic heterocycles. The van der Waals surface area contributed by atoms with Crippen molar-refractivity contribution in [1.82, 2.24) is 0 Å². The van der Waals surface area contributed by atoms with Crippen LogP contribution in [-0.4, -0.2) is 45.9 Å². The zero-order valence-electron chi connectivity index (χ0n) is 23.2. The zero-order valence-corrected chi connectivity index (χ0v) is 24.1. The first kappa shape index (κ1) is 30.4. The van der Waals surface area contributed by atoms with Gasteiger partial charge in [0.05, 0.1) is 17.0 Å². The molecule has 0 saturated heterocycles. The molecule has 0 radical (unpaired) electrons. The molecule has 1 unspecified atom stereocenters. The van der Waals surface area contributed by atoms with Gasteiger partial charge in [0.1, 0.15) is 5.37 Å². The lowest BCUT2D eigenvalue weighted by molar-refractivity contribution is -0.725. The SMILES string of the molecule is C1CCC([NH2+]C2CCCCC2)CC1.CN(C)c1cccc2c(S(=O)(=O)C(N)CCCCC(=O)[O-])cccc12. The largest absolute Gasteiger partial charge is 0.550 e. The highest BCUT2D eigenvalue weighted by Crippen LogP contribution is 2.32. The van der Waals surface area contributed by atoms with Crippen LogP contribution in [0.15, 0.2) is 41.3 Å². The summed E-state index contributed by atoms with van der Waals surface area (Å²) in [5.41, 5.74) is 6.86. The normalized spacial score (nSPS) is 18.0. The van der Waals surface area contributed by atoms with Gasteiger partial charge in [-0.3, -0.25) is 0 Å². The Bertz CT molecular complexity index is 1110. The molecule has 2 aliphatic carbocycles. The number of fused-ring (bicyclic) bond motifs is 1. The molecule has 212 valence electrons. The van der Waals surface area contributed by atoms with Gasteiger partial charge in [-0.2, -0.15) is 0 Å². The summed E-state index contributed by atoms with van der Waals surface area (Å²) in [6, 6.07) is 12.7. The van der Waals surface area contributed by atoms with Crippen LogP contribution in [0.3, 0.4) is 0 Å². The Hall–Kier alpha value is -2.16. The van der Waals surface area contributed by atoms with Crippen molar-refractivity contribution in [3.05, 3.63) is 36.4 Å². The predicted molar refractivity (Wildman–Crippen MR) is 153 cm³/mol. The van der Waals surface area contributed by atoms with Crippen LogP contribution in [0.5, 0.6) is 0 Å². The second-order valence-electron chi connectivity index (χ2n) is 11.2. The summed E-state index contributed by atoms with van der Waals surface area (Å²) in [5, 5.41) is 13.6. The van der Waals surface area contributed by atoms with Crippen molar-refractivity contribution in [3.8, 4) is 0 Å². The molecule has 2 aliphatic rings. The van der Waals surface area contributed by atoms with Gasteiger partial charge in [-0.05, 0) is 82.8 Å². The van der Waals surface area contributed by atoms with E-state index in [1.807, 2.05) is 37.2 Å². The summed E-state index contributed by atoms with van der Waals surface area (Å²) in [6.45, 7) is 0. The van der Waals surface area contributed by atoms with Crippen LogP contribution in [0.2, 0.25) is 0 Å². The van der Waals surface area contributed by atoms with Crippen molar-refractivity contribution in [2.24, 2.45) is 5.73 Å². The maximum Gasteiger partial charge on any atom is 0.194 e. The Balaban J connectivity index is 0.000000256. The fraction of sp³-hybridized carbons (Fsp3) is 0.633. The topological polar surface area (TPSA) is 120 Å². The Morgan fingerprint density at radius 1 is 0.921 bits per heavy atom. The van der Waals surface area contributed by atoms with E-state index in [1.54, 1.807) is 18.2 Å². The number of nitrogens with two attached hydrogens (primary N) is 2. The number of rotatable bonds is 10. The second-order valence-corrected chi connectivity index (χ2v) is 13.3. The average molecular weight is 546 g/mol. The highest BCUT2D eigenvalue weighted by Gasteiger charge is 2.26. The Labute approximate surface area is 229 Å². The molecule has 0 spiro atoms. The Morgan fingerprint density at radius 3 is 2.03 bits per heavy atom. The van der Waals surface area contributed by atoms with Crippen molar-refractivity contribution in [3.63, 3.8) is 0 Å². The molecule has 38 heavy (non-hydrogen) atoms. The van der Waals surface area contributed by atoms with Crippen molar-refractivity contribution < 1.29 is 23.6 Å². The molecule has 8 heteroatoms. The molecule has 0 bridgehead atoms. The number of carboxylic acids is 1. The van der Waals surface area contributed by atoms with Crippen LogP contribution in [0.25, 0.3) is 10.8 Å². The van der Waals surface area contributed by atoms with Crippen LogP contribution in [-0.2, 0) is 14.6 Å². The summed E-state index contributed by atoms with van der Waals surface area (Å²) in [5.74, 6) is -1.14. The number of benzene rings is 2.